The Labute approximate surface area is 132 Å². The molecule has 116 valence electrons. The molecule has 0 radical (unpaired) electrons. The molecule has 1 aromatic carbocycles. The average molecular weight is 306 g/mol. The highest BCUT2D eigenvalue weighted by atomic mass is 32.2. The third-order valence-corrected chi connectivity index (χ3v) is 5.28. The number of hydrogen-bond acceptors (Lipinski definition) is 3. The third-order valence-electron chi connectivity index (χ3n) is 4.11. The number of amides is 1. The Morgan fingerprint density at radius 2 is 2.10 bits per heavy atom. The monoisotopic (exact) mass is 306 g/mol. The number of carbonyl (C=O) groups is 1. The average Bonchev–Trinajstić information content (AvgIpc) is 3.23. The van der Waals surface area contributed by atoms with Crippen LogP contribution in [0.2, 0.25) is 0 Å². The van der Waals surface area contributed by atoms with Crippen molar-refractivity contribution in [1.82, 2.24) is 5.32 Å². The smallest absolute Gasteiger partial charge is 0.238 e. The third kappa shape index (κ3) is 4.01. The van der Waals surface area contributed by atoms with Gasteiger partial charge in [0.2, 0.25) is 5.91 Å². The molecule has 2 rings (SSSR count). The summed E-state index contributed by atoms with van der Waals surface area (Å²) in [6.07, 6.45) is 2.21. The lowest BCUT2D eigenvalue weighted by atomic mass is 9.93. The van der Waals surface area contributed by atoms with E-state index in [-0.39, 0.29) is 11.9 Å². The minimum atomic E-state index is -0.540. The van der Waals surface area contributed by atoms with Crippen LogP contribution in [-0.4, -0.2) is 23.2 Å². The number of rotatable bonds is 8. The van der Waals surface area contributed by atoms with Crippen LogP contribution >= 0.6 is 11.8 Å². The molecule has 0 heterocycles. The number of aryl methyl sites for hydroxylation is 1. The Balaban J connectivity index is 2.02. The van der Waals surface area contributed by atoms with E-state index in [0.717, 1.165) is 24.3 Å². The van der Waals surface area contributed by atoms with Crippen molar-refractivity contribution >= 4 is 17.7 Å². The van der Waals surface area contributed by atoms with Gasteiger partial charge in [0.05, 0.1) is 0 Å². The molecule has 0 spiro atoms. The maximum Gasteiger partial charge on any atom is 0.238 e. The van der Waals surface area contributed by atoms with Crippen LogP contribution in [0.4, 0.5) is 0 Å². The number of primary amides is 1. The van der Waals surface area contributed by atoms with E-state index in [9.17, 15) is 4.79 Å². The van der Waals surface area contributed by atoms with Gasteiger partial charge in [0.25, 0.3) is 0 Å². The Morgan fingerprint density at radius 3 is 2.62 bits per heavy atom. The maximum atomic E-state index is 12.1. The molecule has 1 fully saturated rings. The van der Waals surface area contributed by atoms with Crippen LogP contribution < -0.4 is 11.1 Å². The molecular formula is C17H26N2OS. The van der Waals surface area contributed by atoms with E-state index in [1.807, 2.05) is 0 Å². The molecule has 1 amide bonds. The van der Waals surface area contributed by atoms with Gasteiger partial charge in [-0.3, -0.25) is 4.79 Å². The number of carbonyl (C=O) groups excluding carboxylic acids is 1. The molecule has 1 unspecified atom stereocenters. The Hall–Kier alpha value is -1.00. The van der Waals surface area contributed by atoms with Crippen molar-refractivity contribution in [2.24, 2.45) is 11.7 Å². The van der Waals surface area contributed by atoms with Crippen LogP contribution in [0.15, 0.2) is 24.3 Å². The summed E-state index contributed by atoms with van der Waals surface area (Å²) < 4.78 is 0. The zero-order valence-corrected chi connectivity index (χ0v) is 14.0. The van der Waals surface area contributed by atoms with Crippen molar-refractivity contribution in [3.63, 3.8) is 0 Å². The molecule has 1 aliphatic carbocycles. The van der Waals surface area contributed by atoms with Gasteiger partial charge in [0.1, 0.15) is 5.54 Å². The molecule has 3 nitrogen and oxygen atoms in total. The Morgan fingerprint density at radius 1 is 1.43 bits per heavy atom. The van der Waals surface area contributed by atoms with E-state index in [1.165, 1.54) is 11.1 Å². The van der Waals surface area contributed by atoms with E-state index in [1.54, 1.807) is 11.8 Å². The van der Waals surface area contributed by atoms with Crippen molar-refractivity contribution in [2.45, 2.75) is 50.9 Å². The minimum Gasteiger partial charge on any atom is -0.368 e. The highest BCUT2D eigenvalue weighted by Gasteiger charge is 2.49. The fourth-order valence-corrected chi connectivity index (χ4v) is 4.24. The summed E-state index contributed by atoms with van der Waals surface area (Å²) in [5.41, 5.74) is 7.85. The van der Waals surface area contributed by atoms with E-state index in [4.69, 9.17) is 5.73 Å². The number of hydrogen-bond donors (Lipinski definition) is 2. The van der Waals surface area contributed by atoms with Crippen molar-refractivity contribution < 1.29 is 4.79 Å². The molecule has 0 aromatic heterocycles. The predicted molar refractivity (Wildman–Crippen MR) is 90.3 cm³/mol. The second kappa shape index (κ2) is 6.84. The first-order valence-electron chi connectivity index (χ1n) is 7.65. The first-order valence-corrected chi connectivity index (χ1v) is 8.81. The molecule has 0 aliphatic heterocycles. The molecule has 1 atom stereocenters. The van der Waals surface area contributed by atoms with Crippen molar-refractivity contribution in [3.05, 3.63) is 35.4 Å². The molecular weight excluding hydrogens is 280 g/mol. The molecule has 3 N–H and O–H groups in total. The van der Waals surface area contributed by atoms with E-state index in [0.29, 0.717) is 5.92 Å². The molecule has 21 heavy (non-hydrogen) atoms. The van der Waals surface area contributed by atoms with Crippen LogP contribution in [0.1, 0.15) is 37.8 Å². The van der Waals surface area contributed by atoms with Gasteiger partial charge in [-0.25, -0.2) is 0 Å². The van der Waals surface area contributed by atoms with Gasteiger partial charge in [-0.1, -0.05) is 24.3 Å². The lowest BCUT2D eigenvalue weighted by Crippen LogP contribution is -2.61. The zero-order chi connectivity index (χ0) is 15.5. The summed E-state index contributed by atoms with van der Waals surface area (Å²) in [6.45, 7) is 6.28. The zero-order valence-electron chi connectivity index (χ0n) is 13.2. The predicted octanol–water partition coefficient (Wildman–Crippen LogP) is 2.86. The van der Waals surface area contributed by atoms with Crippen molar-refractivity contribution in [3.8, 4) is 0 Å². The molecule has 1 aliphatic rings. The molecule has 4 heteroatoms. The molecule has 1 aromatic rings. The van der Waals surface area contributed by atoms with Crippen molar-refractivity contribution in [1.29, 1.82) is 0 Å². The van der Waals surface area contributed by atoms with Crippen LogP contribution in [0.25, 0.3) is 0 Å². The molecule has 1 saturated carbocycles. The highest BCUT2D eigenvalue weighted by molar-refractivity contribution is 7.98. The normalized spacial score (nSPS) is 17.7. The van der Waals surface area contributed by atoms with Gasteiger partial charge in [0, 0.05) is 17.5 Å². The Kier molecular flexibility index (Phi) is 5.33. The molecule has 0 bridgehead atoms. The fourth-order valence-electron chi connectivity index (χ4n) is 2.81. The Bertz CT molecular complexity index is 499. The number of nitrogens with two attached hydrogens (primary N) is 1. The minimum absolute atomic E-state index is 0.198. The second-order valence-electron chi connectivity index (χ2n) is 6.33. The van der Waals surface area contributed by atoms with E-state index >= 15 is 0 Å². The van der Waals surface area contributed by atoms with Gasteiger partial charge in [-0.05, 0) is 50.7 Å². The lowest BCUT2D eigenvalue weighted by Gasteiger charge is -2.34. The van der Waals surface area contributed by atoms with Crippen LogP contribution in [0.5, 0.6) is 0 Å². The number of benzene rings is 1. The maximum absolute atomic E-state index is 12.1. The van der Waals surface area contributed by atoms with Crippen LogP contribution in [0, 0.1) is 12.8 Å². The summed E-state index contributed by atoms with van der Waals surface area (Å²) in [5, 5.41) is 3.46. The summed E-state index contributed by atoms with van der Waals surface area (Å²) in [5.74, 6) is 1.88. The largest absolute Gasteiger partial charge is 0.368 e. The van der Waals surface area contributed by atoms with Gasteiger partial charge in [-0.2, -0.15) is 11.8 Å². The van der Waals surface area contributed by atoms with Crippen LogP contribution in [0.3, 0.4) is 0 Å². The number of thioether (sulfide) groups is 1. The summed E-state index contributed by atoms with van der Waals surface area (Å²) in [6, 6.07) is 8.67. The lowest BCUT2D eigenvalue weighted by molar-refractivity contribution is -0.124. The van der Waals surface area contributed by atoms with E-state index in [2.05, 4.69) is 50.4 Å². The summed E-state index contributed by atoms with van der Waals surface area (Å²) in [4.78, 5) is 12.1. The van der Waals surface area contributed by atoms with Crippen molar-refractivity contribution in [2.75, 3.05) is 5.75 Å². The first-order chi connectivity index (χ1) is 9.95. The molecule has 0 saturated heterocycles. The van der Waals surface area contributed by atoms with Gasteiger partial charge < -0.3 is 11.1 Å². The van der Waals surface area contributed by atoms with E-state index < -0.39 is 5.54 Å². The quantitative estimate of drug-likeness (QED) is 0.776. The summed E-state index contributed by atoms with van der Waals surface area (Å²) >= 11 is 1.80. The van der Waals surface area contributed by atoms with Gasteiger partial charge in [-0.15, -0.1) is 0 Å². The summed E-state index contributed by atoms with van der Waals surface area (Å²) in [7, 11) is 0. The first kappa shape index (κ1) is 16.4. The van der Waals surface area contributed by atoms with Gasteiger partial charge in [0.15, 0.2) is 0 Å². The SMILES string of the molecule is Cc1ccccc1CSCC(NC(C)C)(C(N)=O)C1CC1. The fraction of sp³-hybridized carbons (Fsp3) is 0.588. The second-order valence-corrected chi connectivity index (χ2v) is 7.31. The topological polar surface area (TPSA) is 55.1 Å². The number of nitrogens with one attached hydrogen (secondary N) is 1. The standard InChI is InChI=1S/C17H26N2OS/c1-12(2)19-17(16(18)20,15-8-9-15)11-21-10-14-7-5-4-6-13(14)3/h4-7,12,15,19H,8-11H2,1-3H3,(H2,18,20). The van der Waals surface area contributed by atoms with Crippen LogP contribution in [-0.2, 0) is 10.5 Å². The highest BCUT2D eigenvalue weighted by Crippen LogP contribution is 2.42. The van der Waals surface area contributed by atoms with Gasteiger partial charge >= 0.3 is 0 Å².